The highest BCUT2D eigenvalue weighted by atomic mass is 15.4. The molecule has 3 rings (SSSR count). The Labute approximate surface area is 154 Å². The van der Waals surface area contributed by atoms with E-state index in [4.69, 9.17) is 15.8 Å². The topological polar surface area (TPSA) is 67.8 Å². The summed E-state index contributed by atoms with van der Waals surface area (Å²) < 4.78 is 4.16. The lowest BCUT2D eigenvalue weighted by molar-refractivity contribution is -0.585. The molecule has 0 aliphatic carbocycles. The minimum absolute atomic E-state index is 0.0520. The fourth-order valence-electron chi connectivity index (χ4n) is 2.25. The average Bonchev–Trinajstić information content (AvgIpc) is 3.10. The number of nitriles is 1. The molecule has 5 nitrogen and oxygen atoms in total. The zero-order valence-electron chi connectivity index (χ0n) is 15.2. The summed E-state index contributed by atoms with van der Waals surface area (Å²) >= 11 is 0. The zero-order chi connectivity index (χ0) is 19.0. The molecule has 0 N–H and O–H groups in total. The van der Waals surface area contributed by atoms with Gasteiger partial charge in [-0.15, -0.1) is 4.68 Å². The Morgan fingerprint density at radius 1 is 1.04 bits per heavy atom. The van der Waals surface area contributed by atoms with Crippen LogP contribution >= 0.6 is 0 Å². The fourth-order valence-corrected chi connectivity index (χ4v) is 2.25. The maximum Gasteiger partial charge on any atom is 0.313 e. The van der Waals surface area contributed by atoms with Crippen molar-refractivity contribution >= 4 is 5.87 Å². The van der Waals surface area contributed by atoms with Gasteiger partial charge in [0.1, 0.15) is 11.2 Å². The van der Waals surface area contributed by atoms with Crippen molar-refractivity contribution in [1.29, 1.82) is 5.26 Å². The molecule has 0 radical (unpaired) electrons. The normalized spacial score (nSPS) is 10.1. The lowest BCUT2D eigenvalue weighted by Gasteiger charge is -2.10. The first-order chi connectivity index (χ1) is 12.5. The second kappa shape index (κ2) is 8.57. The van der Waals surface area contributed by atoms with Gasteiger partial charge in [-0.25, -0.2) is 0 Å². The van der Waals surface area contributed by atoms with Gasteiger partial charge >= 0.3 is 5.82 Å². The van der Waals surface area contributed by atoms with E-state index >= 15 is 0 Å². The van der Waals surface area contributed by atoms with Crippen molar-refractivity contribution in [3.8, 4) is 23.1 Å². The van der Waals surface area contributed by atoms with Crippen LogP contribution in [0.3, 0.4) is 0 Å². The Morgan fingerprint density at radius 3 is 2.08 bits per heavy atom. The minimum atomic E-state index is -0.0520. The van der Waals surface area contributed by atoms with Gasteiger partial charge in [-0.3, -0.25) is 5.87 Å². The molecule has 0 aliphatic rings. The SMILES string of the molecule is CC(C)(C)n1c[n+](-c2ccccc2)c(-c2ccccc2)n1.N#CC=C=[N-]. The molecule has 0 saturated carbocycles. The van der Waals surface area contributed by atoms with E-state index in [0.29, 0.717) is 0 Å². The van der Waals surface area contributed by atoms with Gasteiger partial charge in [-0.05, 0) is 45.0 Å². The number of aromatic nitrogens is 3. The van der Waals surface area contributed by atoms with Crippen LogP contribution in [0.5, 0.6) is 0 Å². The van der Waals surface area contributed by atoms with Gasteiger partial charge in [0.2, 0.25) is 6.33 Å². The summed E-state index contributed by atoms with van der Waals surface area (Å²) in [5, 5.41) is 19.9. The summed E-state index contributed by atoms with van der Waals surface area (Å²) in [6.07, 6.45) is 2.93. The van der Waals surface area contributed by atoms with E-state index in [9.17, 15) is 0 Å². The van der Waals surface area contributed by atoms with Crippen molar-refractivity contribution in [2.75, 3.05) is 0 Å². The Hall–Kier alpha value is -3.48. The van der Waals surface area contributed by atoms with Crippen molar-refractivity contribution in [2.45, 2.75) is 26.3 Å². The Bertz CT molecular complexity index is 865. The summed E-state index contributed by atoms with van der Waals surface area (Å²) in [6, 6.07) is 22.1. The zero-order valence-corrected chi connectivity index (χ0v) is 15.2. The van der Waals surface area contributed by atoms with Crippen LogP contribution in [0.15, 0.2) is 73.1 Å². The van der Waals surface area contributed by atoms with Crippen LogP contribution in [0, 0.1) is 11.3 Å². The highest BCUT2D eigenvalue weighted by molar-refractivity contribution is 5.58. The number of para-hydroxylation sites is 1. The fraction of sp³-hybridized carbons (Fsp3) is 0.190. The summed E-state index contributed by atoms with van der Waals surface area (Å²) in [6.45, 7) is 6.47. The van der Waals surface area contributed by atoms with Crippen LogP contribution in [-0.4, -0.2) is 15.7 Å². The first-order valence-corrected chi connectivity index (χ1v) is 8.21. The molecule has 0 spiro atoms. The van der Waals surface area contributed by atoms with E-state index in [1.807, 2.05) is 41.1 Å². The number of nitrogens with zero attached hydrogens (tertiary/aromatic N) is 5. The predicted molar refractivity (Wildman–Crippen MR) is 103 cm³/mol. The highest BCUT2D eigenvalue weighted by Gasteiger charge is 2.27. The first-order valence-electron chi connectivity index (χ1n) is 8.21. The molecule has 5 heteroatoms. The number of allylic oxidation sites excluding steroid dienone is 1. The van der Waals surface area contributed by atoms with E-state index in [-0.39, 0.29) is 5.54 Å². The smallest absolute Gasteiger partial charge is 0.313 e. The van der Waals surface area contributed by atoms with Crippen molar-refractivity contribution in [3.05, 3.63) is 78.5 Å². The summed E-state index contributed by atoms with van der Waals surface area (Å²) in [5.74, 6) is 2.49. The molecule has 0 fully saturated rings. The number of benzene rings is 2. The van der Waals surface area contributed by atoms with Crippen LogP contribution in [0.4, 0.5) is 0 Å². The molecule has 1 aromatic heterocycles. The van der Waals surface area contributed by atoms with Crippen molar-refractivity contribution < 1.29 is 4.57 Å². The van der Waals surface area contributed by atoms with Crippen molar-refractivity contribution in [3.63, 3.8) is 0 Å². The van der Waals surface area contributed by atoms with Gasteiger partial charge in [-0.1, -0.05) is 36.4 Å². The van der Waals surface area contributed by atoms with Crippen LogP contribution in [0.25, 0.3) is 22.5 Å². The third-order valence-electron chi connectivity index (χ3n) is 3.54. The van der Waals surface area contributed by atoms with E-state index in [2.05, 4.69) is 55.9 Å². The lowest BCUT2D eigenvalue weighted by atomic mass is 10.1. The molecule has 0 bridgehead atoms. The van der Waals surface area contributed by atoms with E-state index in [0.717, 1.165) is 23.2 Å². The predicted octanol–water partition coefficient (Wildman–Crippen LogP) is 3.89. The molecule has 3 aromatic rings. The van der Waals surface area contributed by atoms with Gasteiger partial charge < -0.3 is 5.41 Å². The van der Waals surface area contributed by atoms with Crippen LogP contribution in [-0.2, 0) is 5.54 Å². The molecular weight excluding hydrogens is 322 g/mol. The molecule has 1 heterocycles. The maximum atomic E-state index is 7.54. The standard InChI is InChI=1S/C18H20N3.C3HN2/c1-18(2,3)21-14-20(16-12-8-5-9-13-16)17(19-21)15-10-6-4-7-11-15;4-2-1-3-5/h4-14H,1-3H3;1H/q+1;-1. The van der Waals surface area contributed by atoms with Gasteiger partial charge in [0, 0.05) is 11.2 Å². The van der Waals surface area contributed by atoms with E-state index in [1.54, 1.807) is 0 Å². The van der Waals surface area contributed by atoms with Gasteiger partial charge in [0.15, 0.2) is 0 Å². The average molecular weight is 343 g/mol. The molecule has 2 aromatic carbocycles. The molecule has 0 saturated heterocycles. The molecule has 0 unspecified atom stereocenters. The summed E-state index contributed by atoms with van der Waals surface area (Å²) in [4.78, 5) is 0. The summed E-state index contributed by atoms with van der Waals surface area (Å²) in [7, 11) is 0. The highest BCUT2D eigenvalue weighted by Crippen LogP contribution is 2.18. The third-order valence-corrected chi connectivity index (χ3v) is 3.54. The Balaban J connectivity index is 0.000000431. The summed E-state index contributed by atoms with van der Waals surface area (Å²) in [5.41, 5.74) is 2.18. The van der Waals surface area contributed by atoms with Crippen LogP contribution < -0.4 is 4.57 Å². The second-order valence-electron chi connectivity index (χ2n) is 6.53. The van der Waals surface area contributed by atoms with Crippen LogP contribution in [0.2, 0.25) is 0 Å². The second-order valence-corrected chi connectivity index (χ2v) is 6.53. The Kier molecular flexibility index (Phi) is 6.21. The molecule has 0 atom stereocenters. The van der Waals surface area contributed by atoms with E-state index < -0.39 is 0 Å². The number of rotatable bonds is 2. The number of hydrogen-bond acceptors (Lipinski definition) is 2. The molecule has 0 amide bonds. The molecule has 0 aliphatic heterocycles. The lowest BCUT2D eigenvalue weighted by Crippen LogP contribution is -2.32. The molecule has 26 heavy (non-hydrogen) atoms. The number of hydrogen-bond donors (Lipinski definition) is 0. The van der Waals surface area contributed by atoms with E-state index in [1.165, 1.54) is 11.9 Å². The quantitative estimate of drug-likeness (QED) is 0.402. The van der Waals surface area contributed by atoms with Crippen LogP contribution in [0.1, 0.15) is 20.8 Å². The maximum absolute atomic E-state index is 7.54. The minimum Gasteiger partial charge on any atom is -0.763 e. The largest absolute Gasteiger partial charge is 0.763 e. The third kappa shape index (κ3) is 4.76. The molecular formula is C21H21N5. The van der Waals surface area contributed by atoms with Gasteiger partial charge in [0.05, 0.1) is 11.6 Å². The first kappa shape index (κ1) is 18.9. The molecule has 130 valence electrons. The monoisotopic (exact) mass is 343 g/mol. The Morgan fingerprint density at radius 2 is 1.62 bits per heavy atom. The van der Waals surface area contributed by atoms with Crippen molar-refractivity contribution in [1.82, 2.24) is 9.78 Å². The van der Waals surface area contributed by atoms with Gasteiger partial charge in [-0.2, -0.15) is 9.83 Å². The van der Waals surface area contributed by atoms with Gasteiger partial charge in [0.25, 0.3) is 0 Å². The van der Waals surface area contributed by atoms with Crippen molar-refractivity contribution in [2.24, 2.45) is 0 Å².